The molecule has 0 aliphatic carbocycles. The summed E-state index contributed by atoms with van der Waals surface area (Å²) >= 11 is 3.02. The molecule has 0 bridgehead atoms. The average Bonchev–Trinajstić information content (AvgIpc) is 2.33. The quantitative estimate of drug-likeness (QED) is 0.824. The highest BCUT2D eigenvalue weighted by Gasteiger charge is 2.24. The number of anilines is 2. The summed E-state index contributed by atoms with van der Waals surface area (Å²) < 4.78 is 53.7. The van der Waals surface area contributed by atoms with E-state index in [1.807, 2.05) is 4.72 Å². The minimum atomic E-state index is -4.34. The van der Waals surface area contributed by atoms with Crippen LogP contribution in [0.5, 0.6) is 0 Å². The van der Waals surface area contributed by atoms with Crippen LogP contribution in [0.2, 0.25) is 0 Å². The maximum absolute atomic E-state index is 13.6. The second-order valence-corrected chi connectivity index (χ2v) is 6.33. The molecule has 8 heteroatoms. The molecule has 0 aromatic heterocycles. The largest absolute Gasteiger partial charge is 0.398 e. The van der Waals surface area contributed by atoms with Gasteiger partial charge < -0.3 is 5.73 Å². The number of sulfonamides is 1. The molecule has 4 nitrogen and oxygen atoms in total. The first kappa shape index (κ1) is 14.7. The summed E-state index contributed by atoms with van der Waals surface area (Å²) in [6.07, 6.45) is 0. The maximum Gasteiger partial charge on any atom is 0.267 e. The Labute approximate surface area is 122 Å². The lowest BCUT2D eigenvalue weighted by molar-refractivity contribution is 0.571. The second kappa shape index (κ2) is 5.37. The number of nitrogen functional groups attached to an aromatic ring is 1. The molecular formula is C12H9BrF2N2O2S. The SMILES string of the molecule is Nc1cccc(F)c1S(=O)(=O)Nc1c(F)cccc1Br. The van der Waals surface area contributed by atoms with Gasteiger partial charge in [-0.05, 0) is 40.2 Å². The molecule has 0 aliphatic heterocycles. The molecule has 0 unspecified atom stereocenters. The highest BCUT2D eigenvalue weighted by molar-refractivity contribution is 9.10. The molecule has 0 saturated carbocycles. The Hall–Kier alpha value is -1.67. The van der Waals surface area contributed by atoms with Crippen molar-refractivity contribution < 1.29 is 17.2 Å². The first-order chi connectivity index (χ1) is 9.33. The summed E-state index contributed by atoms with van der Waals surface area (Å²) in [5.74, 6) is -1.80. The van der Waals surface area contributed by atoms with Crippen LogP contribution in [0.15, 0.2) is 45.8 Å². The van der Waals surface area contributed by atoms with Crippen molar-refractivity contribution in [2.24, 2.45) is 0 Å². The van der Waals surface area contributed by atoms with Crippen LogP contribution in [0.4, 0.5) is 20.2 Å². The van der Waals surface area contributed by atoms with E-state index in [9.17, 15) is 17.2 Å². The smallest absolute Gasteiger partial charge is 0.267 e. The van der Waals surface area contributed by atoms with Crippen molar-refractivity contribution >= 4 is 37.3 Å². The lowest BCUT2D eigenvalue weighted by atomic mass is 10.3. The molecule has 0 fully saturated rings. The first-order valence-corrected chi connectivity index (χ1v) is 7.61. The number of halogens is 3. The van der Waals surface area contributed by atoms with Gasteiger partial charge in [-0.3, -0.25) is 4.72 Å². The summed E-state index contributed by atoms with van der Waals surface area (Å²) in [7, 11) is -4.34. The second-order valence-electron chi connectivity index (χ2n) is 3.86. The molecule has 0 atom stereocenters. The monoisotopic (exact) mass is 362 g/mol. The maximum atomic E-state index is 13.6. The number of nitrogens with two attached hydrogens (primary N) is 1. The zero-order valence-corrected chi connectivity index (χ0v) is 12.3. The third-order valence-electron chi connectivity index (χ3n) is 2.47. The standard InChI is InChI=1S/C12H9BrF2N2O2S/c13-7-3-1-4-8(14)11(7)17-20(18,19)12-9(15)5-2-6-10(12)16/h1-6,17H,16H2. The van der Waals surface area contributed by atoms with Crippen LogP contribution in [0.1, 0.15) is 0 Å². The molecule has 106 valence electrons. The van der Waals surface area contributed by atoms with Crippen molar-refractivity contribution in [3.8, 4) is 0 Å². The minimum absolute atomic E-state index is 0.191. The average molecular weight is 363 g/mol. The third kappa shape index (κ3) is 2.75. The van der Waals surface area contributed by atoms with E-state index >= 15 is 0 Å². The zero-order chi connectivity index (χ0) is 14.9. The number of hydrogen-bond acceptors (Lipinski definition) is 3. The van der Waals surface area contributed by atoms with Crippen molar-refractivity contribution in [3.63, 3.8) is 0 Å². The van der Waals surface area contributed by atoms with Gasteiger partial charge in [0.2, 0.25) is 0 Å². The van der Waals surface area contributed by atoms with Crippen LogP contribution >= 0.6 is 15.9 Å². The summed E-state index contributed by atoms with van der Waals surface area (Å²) in [6.45, 7) is 0. The Kier molecular flexibility index (Phi) is 3.96. The Morgan fingerprint density at radius 2 is 1.65 bits per heavy atom. The van der Waals surface area contributed by atoms with E-state index in [0.717, 1.165) is 12.1 Å². The summed E-state index contributed by atoms with van der Waals surface area (Å²) in [5, 5.41) is 0. The van der Waals surface area contributed by atoms with Crippen molar-refractivity contribution in [3.05, 3.63) is 52.5 Å². The van der Waals surface area contributed by atoms with Crippen LogP contribution in [0.3, 0.4) is 0 Å². The van der Waals surface area contributed by atoms with E-state index < -0.39 is 26.6 Å². The van der Waals surface area contributed by atoms with Crippen molar-refractivity contribution in [2.75, 3.05) is 10.5 Å². The Bertz CT molecular complexity index is 726. The number of hydrogen-bond donors (Lipinski definition) is 2. The number of nitrogens with one attached hydrogen (secondary N) is 1. The van der Waals surface area contributed by atoms with Gasteiger partial charge in [0.05, 0.1) is 11.4 Å². The molecule has 20 heavy (non-hydrogen) atoms. The molecule has 0 spiro atoms. The Balaban J connectivity index is 2.53. The summed E-state index contributed by atoms with van der Waals surface area (Å²) in [6, 6.07) is 7.41. The normalized spacial score (nSPS) is 11.3. The van der Waals surface area contributed by atoms with Gasteiger partial charge in [0, 0.05) is 4.47 Å². The van der Waals surface area contributed by atoms with Crippen molar-refractivity contribution in [2.45, 2.75) is 4.90 Å². The topological polar surface area (TPSA) is 72.2 Å². The van der Waals surface area contributed by atoms with Gasteiger partial charge in [0.1, 0.15) is 16.5 Å². The van der Waals surface area contributed by atoms with Gasteiger partial charge in [0.15, 0.2) is 0 Å². The van der Waals surface area contributed by atoms with E-state index in [4.69, 9.17) is 5.73 Å². The number of benzene rings is 2. The lowest BCUT2D eigenvalue weighted by Crippen LogP contribution is -2.17. The summed E-state index contributed by atoms with van der Waals surface area (Å²) in [4.78, 5) is -0.713. The van der Waals surface area contributed by atoms with E-state index in [1.165, 1.54) is 24.3 Å². The number of para-hydroxylation sites is 1. The van der Waals surface area contributed by atoms with E-state index in [2.05, 4.69) is 15.9 Å². The van der Waals surface area contributed by atoms with Gasteiger partial charge >= 0.3 is 0 Å². The fraction of sp³-hybridized carbons (Fsp3) is 0. The van der Waals surface area contributed by atoms with Crippen molar-refractivity contribution in [1.29, 1.82) is 0 Å². The molecule has 0 amide bonds. The minimum Gasteiger partial charge on any atom is -0.398 e. The molecule has 3 N–H and O–H groups in total. The van der Waals surface area contributed by atoms with Gasteiger partial charge in [-0.1, -0.05) is 12.1 Å². The zero-order valence-electron chi connectivity index (χ0n) is 9.90. The number of rotatable bonds is 3. The molecule has 2 rings (SSSR count). The lowest BCUT2D eigenvalue weighted by Gasteiger charge is -2.12. The van der Waals surface area contributed by atoms with Gasteiger partial charge in [-0.15, -0.1) is 0 Å². The molecule has 0 radical (unpaired) electrons. The predicted octanol–water partition coefficient (Wildman–Crippen LogP) is 3.11. The van der Waals surface area contributed by atoms with Crippen LogP contribution in [0, 0.1) is 11.6 Å². The van der Waals surface area contributed by atoms with Gasteiger partial charge in [-0.2, -0.15) is 0 Å². The predicted molar refractivity (Wildman–Crippen MR) is 75.7 cm³/mol. The van der Waals surface area contributed by atoms with Crippen LogP contribution in [-0.2, 0) is 10.0 Å². The van der Waals surface area contributed by atoms with Crippen LogP contribution in [0.25, 0.3) is 0 Å². The molecule has 2 aromatic carbocycles. The Morgan fingerprint density at radius 3 is 2.25 bits per heavy atom. The van der Waals surface area contributed by atoms with Crippen LogP contribution in [-0.4, -0.2) is 8.42 Å². The first-order valence-electron chi connectivity index (χ1n) is 5.34. The summed E-state index contributed by atoms with van der Waals surface area (Å²) in [5.41, 5.74) is 4.90. The Morgan fingerprint density at radius 1 is 1.05 bits per heavy atom. The van der Waals surface area contributed by atoms with Gasteiger partial charge in [0.25, 0.3) is 10.0 Å². The van der Waals surface area contributed by atoms with Gasteiger partial charge in [-0.25, -0.2) is 17.2 Å². The highest BCUT2D eigenvalue weighted by Crippen LogP contribution is 2.30. The molecule has 0 aliphatic rings. The van der Waals surface area contributed by atoms with E-state index in [-0.39, 0.29) is 15.8 Å². The molecule has 0 saturated heterocycles. The van der Waals surface area contributed by atoms with Crippen molar-refractivity contribution in [1.82, 2.24) is 0 Å². The molecular weight excluding hydrogens is 354 g/mol. The van der Waals surface area contributed by atoms with E-state index in [0.29, 0.717) is 0 Å². The highest BCUT2D eigenvalue weighted by atomic mass is 79.9. The van der Waals surface area contributed by atoms with Crippen LogP contribution < -0.4 is 10.5 Å². The third-order valence-corrected chi connectivity index (χ3v) is 4.57. The molecule has 2 aromatic rings. The molecule has 0 heterocycles. The fourth-order valence-electron chi connectivity index (χ4n) is 1.59. The fourth-order valence-corrected chi connectivity index (χ4v) is 3.44. The van der Waals surface area contributed by atoms with E-state index in [1.54, 1.807) is 0 Å².